The van der Waals surface area contributed by atoms with E-state index < -0.39 is 10.0 Å². The third-order valence-corrected chi connectivity index (χ3v) is 6.36. The summed E-state index contributed by atoms with van der Waals surface area (Å²) < 4.78 is 28.1. The molecule has 0 saturated carbocycles. The molecule has 3 aromatic rings. The number of nitrogens with one attached hydrogen (secondary N) is 2. The first-order valence-electron chi connectivity index (χ1n) is 9.68. The average molecular weight is 413 g/mol. The molecule has 0 saturated heterocycles. The lowest BCUT2D eigenvalue weighted by molar-refractivity contribution is 0.537. The molecule has 29 heavy (non-hydrogen) atoms. The molecule has 0 aliphatic rings. The van der Waals surface area contributed by atoms with Gasteiger partial charge in [-0.05, 0) is 61.2 Å². The summed E-state index contributed by atoms with van der Waals surface area (Å²) in [6.07, 6.45) is 4.28. The summed E-state index contributed by atoms with van der Waals surface area (Å²) >= 11 is 0. The van der Waals surface area contributed by atoms with Gasteiger partial charge in [-0.25, -0.2) is 13.1 Å². The van der Waals surface area contributed by atoms with Crippen LogP contribution in [-0.2, 0) is 16.4 Å². The summed E-state index contributed by atoms with van der Waals surface area (Å²) in [6.45, 7) is 3.21. The van der Waals surface area contributed by atoms with Gasteiger partial charge in [-0.2, -0.15) is 0 Å². The van der Waals surface area contributed by atoms with E-state index in [-0.39, 0.29) is 10.9 Å². The molecule has 6 nitrogen and oxygen atoms in total. The van der Waals surface area contributed by atoms with E-state index in [4.69, 9.17) is 0 Å². The molecule has 1 heterocycles. The molecule has 0 amide bonds. The predicted molar refractivity (Wildman–Crippen MR) is 119 cm³/mol. The number of hydrogen-bond acceptors (Lipinski definition) is 5. The molecule has 0 spiro atoms. The molecule has 0 aliphatic heterocycles. The highest BCUT2D eigenvalue weighted by Gasteiger charge is 2.17. The van der Waals surface area contributed by atoms with Gasteiger partial charge < -0.3 is 10.2 Å². The third kappa shape index (κ3) is 5.76. The van der Waals surface area contributed by atoms with Crippen molar-refractivity contribution in [3.63, 3.8) is 0 Å². The highest BCUT2D eigenvalue weighted by atomic mass is 32.2. The highest BCUT2D eigenvalue weighted by molar-refractivity contribution is 7.89. The molecular weight excluding hydrogens is 384 g/mol. The number of sulfonamides is 1. The van der Waals surface area contributed by atoms with E-state index in [1.54, 1.807) is 30.6 Å². The van der Waals surface area contributed by atoms with Gasteiger partial charge in [-0.15, -0.1) is 0 Å². The van der Waals surface area contributed by atoms with Crippen molar-refractivity contribution in [1.82, 2.24) is 15.0 Å². The number of rotatable bonds is 9. The van der Waals surface area contributed by atoms with Gasteiger partial charge in [0.25, 0.3) is 0 Å². The zero-order valence-corrected chi connectivity index (χ0v) is 17.9. The molecule has 2 aromatic carbocycles. The fourth-order valence-electron chi connectivity index (χ4n) is 3.12. The molecule has 0 radical (unpaired) electrons. The van der Waals surface area contributed by atoms with Crippen LogP contribution in [0.4, 0.5) is 5.69 Å². The monoisotopic (exact) mass is 412 g/mol. The van der Waals surface area contributed by atoms with Crippen LogP contribution in [-0.4, -0.2) is 46.6 Å². The number of pyridine rings is 1. The van der Waals surface area contributed by atoms with Crippen LogP contribution in [0.2, 0.25) is 0 Å². The zero-order valence-electron chi connectivity index (χ0n) is 17.1. The molecule has 1 aromatic heterocycles. The van der Waals surface area contributed by atoms with Crippen molar-refractivity contribution in [1.29, 1.82) is 0 Å². The number of benzene rings is 2. The van der Waals surface area contributed by atoms with Crippen LogP contribution < -0.4 is 14.9 Å². The summed E-state index contributed by atoms with van der Waals surface area (Å²) in [7, 11) is 0.476. The Morgan fingerprint density at radius 1 is 1.03 bits per heavy atom. The Balaban J connectivity index is 1.49. The normalized spacial score (nSPS) is 12.8. The number of hydrogen-bond donors (Lipinski definition) is 2. The van der Waals surface area contributed by atoms with Gasteiger partial charge in [0.15, 0.2) is 0 Å². The van der Waals surface area contributed by atoms with E-state index in [2.05, 4.69) is 44.2 Å². The minimum absolute atomic E-state index is 0.218. The standard InChI is InChI=1S/C22H28N4O2S/c1-17(15-23-12-10-18-4-7-21(8-5-18)26(2)3)25-29(27,28)22-9-6-20-16-24-13-11-19(20)14-22/h4-9,11,13-14,16-17,23,25H,10,12,15H2,1-3H3/t17-/m1/s1. The van der Waals surface area contributed by atoms with E-state index >= 15 is 0 Å². The first-order valence-corrected chi connectivity index (χ1v) is 11.2. The van der Waals surface area contributed by atoms with E-state index in [1.807, 2.05) is 27.1 Å². The van der Waals surface area contributed by atoms with Gasteiger partial charge in [0.1, 0.15) is 0 Å². The number of aromatic nitrogens is 1. The van der Waals surface area contributed by atoms with Crippen molar-refractivity contribution in [2.24, 2.45) is 0 Å². The predicted octanol–water partition coefficient (Wildman–Crippen LogP) is 2.80. The van der Waals surface area contributed by atoms with Crippen LogP contribution in [0, 0.1) is 0 Å². The maximum atomic E-state index is 12.7. The lowest BCUT2D eigenvalue weighted by atomic mass is 10.1. The van der Waals surface area contributed by atoms with Crippen molar-refractivity contribution in [3.8, 4) is 0 Å². The van der Waals surface area contributed by atoms with Crippen molar-refractivity contribution >= 4 is 26.5 Å². The average Bonchev–Trinajstić information content (AvgIpc) is 2.71. The van der Waals surface area contributed by atoms with Gasteiger partial charge in [-0.3, -0.25) is 4.98 Å². The fraction of sp³-hybridized carbons (Fsp3) is 0.318. The van der Waals surface area contributed by atoms with E-state index in [0.717, 1.165) is 23.7 Å². The summed E-state index contributed by atoms with van der Waals surface area (Å²) in [5.74, 6) is 0. The SMILES string of the molecule is C[C@H](CNCCc1ccc(N(C)C)cc1)NS(=O)(=O)c1ccc2cnccc2c1. The van der Waals surface area contributed by atoms with Gasteiger partial charge in [0.05, 0.1) is 4.90 Å². The largest absolute Gasteiger partial charge is 0.378 e. The van der Waals surface area contributed by atoms with Crippen molar-refractivity contribution < 1.29 is 8.42 Å². The first kappa shape index (κ1) is 21.2. The lowest BCUT2D eigenvalue weighted by Gasteiger charge is -2.16. The van der Waals surface area contributed by atoms with Gasteiger partial charge in [0, 0.05) is 50.1 Å². The molecule has 154 valence electrons. The zero-order chi connectivity index (χ0) is 20.9. The van der Waals surface area contributed by atoms with Crippen molar-refractivity contribution in [2.45, 2.75) is 24.3 Å². The lowest BCUT2D eigenvalue weighted by Crippen LogP contribution is -2.40. The summed E-state index contributed by atoms with van der Waals surface area (Å²) in [6, 6.07) is 15.1. The highest BCUT2D eigenvalue weighted by Crippen LogP contribution is 2.18. The Morgan fingerprint density at radius 2 is 1.79 bits per heavy atom. The quantitative estimate of drug-likeness (QED) is 0.529. The smallest absolute Gasteiger partial charge is 0.240 e. The van der Waals surface area contributed by atoms with Crippen molar-refractivity contribution in [2.75, 3.05) is 32.1 Å². The second-order valence-corrected chi connectivity index (χ2v) is 9.14. The Kier molecular flexibility index (Phi) is 6.84. The summed E-state index contributed by atoms with van der Waals surface area (Å²) in [4.78, 5) is 6.39. The first-order chi connectivity index (χ1) is 13.8. The minimum atomic E-state index is -3.57. The summed E-state index contributed by atoms with van der Waals surface area (Å²) in [5, 5.41) is 5.10. The Labute approximate surface area is 173 Å². The maximum Gasteiger partial charge on any atom is 0.240 e. The third-order valence-electron chi connectivity index (χ3n) is 4.77. The van der Waals surface area contributed by atoms with Crippen LogP contribution in [0.25, 0.3) is 10.8 Å². The number of anilines is 1. The van der Waals surface area contributed by atoms with Crippen LogP contribution in [0.3, 0.4) is 0 Å². The number of nitrogens with zero attached hydrogens (tertiary/aromatic N) is 2. The fourth-order valence-corrected chi connectivity index (χ4v) is 4.39. The van der Waals surface area contributed by atoms with E-state index in [1.165, 1.54) is 11.3 Å². The molecule has 0 unspecified atom stereocenters. The van der Waals surface area contributed by atoms with Gasteiger partial charge in [0.2, 0.25) is 10.0 Å². The number of fused-ring (bicyclic) bond motifs is 1. The Morgan fingerprint density at radius 3 is 2.52 bits per heavy atom. The molecule has 0 fully saturated rings. The van der Waals surface area contributed by atoms with Gasteiger partial charge in [-0.1, -0.05) is 18.2 Å². The molecule has 0 aliphatic carbocycles. The minimum Gasteiger partial charge on any atom is -0.378 e. The topological polar surface area (TPSA) is 74.3 Å². The molecule has 1 atom stereocenters. The second kappa shape index (κ2) is 9.35. The van der Waals surface area contributed by atoms with E-state index in [9.17, 15) is 8.42 Å². The molecule has 2 N–H and O–H groups in total. The van der Waals surface area contributed by atoms with Crippen LogP contribution in [0.1, 0.15) is 12.5 Å². The Hall–Kier alpha value is -2.48. The van der Waals surface area contributed by atoms with E-state index in [0.29, 0.717) is 6.54 Å². The molecule has 7 heteroatoms. The van der Waals surface area contributed by atoms with Crippen LogP contribution in [0.5, 0.6) is 0 Å². The molecule has 3 rings (SSSR count). The maximum absolute atomic E-state index is 12.7. The Bertz CT molecular complexity index is 1050. The van der Waals surface area contributed by atoms with Gasteiger partial charge >= 0.3 is 0 Å². The summed E-state index contributed by atoms with van der Waals surface area (Å²) in [5.41, 5.74) is 2.43. The van der Waals surface area contributed by atoms with Crippen LogP contribution >= 0.6 is 0 Å². The van der Waals surface area contributed by atoms with Crippen molar-refractivity contribution in [3.05, 3.63) is 66.5 Å². The molecular formula is C22H28N4O2S. The van der Waals surface area contributed by atoms with Crippen LogP contribution in [0.15, 0.2) is 65.8 Å². The molecule has 0 bridgehead atoms. The second-order valence-electron chi connectivity index (χ2n) is 7.42.